The standard InChI is InChI=1S/C19H14F2N4O/c1-12-10-23-25(11-15-8-16(20)6-7-17(15)21)18(12)24-19(26)14-4-2-13(9-22)3-5-14/h2-8,10H,11H2,1H3,(H,24,26). The van der Waals surface area contributed by atoms with Crippen molar-refractivity contribution in [3.05, 3.63) is 82.5 Å². The van der Waals surface area contributed by atoms with Crippen LogP contribution in [0.5, 0.6) is 0 Å². The van der Waals surface area contributed by atoms with Crippen LogP contribution >= 0.6 is 0 Å². The van der Waals surface area contributed by atoms with Crippen LogP contribution in [0.3, 0.4) is 0 Å². The van der Waals surface area contributed by atoms with Crippen molar-refractivity contribution >= 4 is 11.7 Å². The number of benzene rings is 2. The second-order valence-corrected chi connectivity index (χ2v) is 5.71. The SMILES string of the molecule is Cc1cnn(Cc2cc(F)ccc2F)c1NC(=O)c1ccc(C#N)cc1. The van der Waals surface area contributed by atoms with E-state index in [9.17, 15) is 13.6 Å². The van der Waals surface area contributed by atoms with Gasteiger partial charge in [0.25, 0.3) is 5.91 Å². The van der Waals surface area contributed by atoms with Gasteiger partial charge in [-0.05, 0) is 49.4 Å². The van der Waals surface area contributed by atoms with Crippen LogP contribution in [0.25, 0.3) is 0 Å². The summed E-state index contributed by atoms with van der Waals surface area (Å²) in [5.41, 5.74) is 1.63. The van der Waals surface area contributed by atoms with Crippen LogP contribution in [0.4, 0.5) is 14.6 Å². The number of amides is 1. The van der Waals surface area contributed by atoms with Gasteiger partial charge < -0.3 is 5.32 Å². The topological polar surface area (TPSA) is 70.7 Å². The van der Waals surface area contributed by atoms with Crippen molar-refractivity contribution in [2.45, 2.75) is 13.5 Å². The summed E-state index contributed by atoms with van der Waals surface area (Å²) in [6.07, 6.45) is 1.53. The molecule has 0 aliphatic carbocycles. The van der Waals surface area contributed by atoms with Gasteiger partial charge in [0.2, 0.25) is 0 Å². The maximum atomic E-state index is 13.9. The van der Waals surface area contributed by atoms with Crippen LogP contribution in [0.2, 0.25) is 0 Å². The molecule has 1 aromatic heterocycles. The quantitative estimate of drug-likeness (QED) is 0.779. The van der Waals surface area contributed by atoms with Crippen molar-refractivity contribution in [2.75, 3.05) is 5.32 Å². The lowest BCUT2D eigenvalue weighted by atomic mass is 10.1. The molecule has 1 N–H and O–H groups in total. The molecule has 3 rings (SSSR count). The highest BCUT2D eigenvalue weighted by molar-refractivity contribution is 6.04. The highest BCUT2D eigenvalue weighted by Gasteiger charge is 2.15. The molecular formula is C19H14F2N4O. The molecule has 0 saturated heterocycles. The van der Waals surface area contributed by atoms with Gasteiger partial charge >= 0.3 is 0 Å². The maximum Gasteiger partial charge on any atom is 0.256 e. The number of anilines is 1. The number of nitriles is 1. The van der Waals surface area contributed by atoms with E-state index in [-0.39, 0.29) is 18.0 Å². The second-order valence-electron chi connectivity index (χ2n) is 5.71. The molecule has 0 fully saturated rings. The Morgan fingerprint density at radius 1 is 1.23 bits per heavy atom. The average Bonchev–Trinajstić information content (AvgIpc) is 2.98. The van der Waals surface area contributed by atoms with Crippen molar-refractivity contribution in [1.29, 1.82) is 5.26 Å². The summed E-state index contributed by atoms with van der Waals surface area (Å²) in [5.74, 6) is -1.10. The maximum absolute atomic E-state index is 13.9. The molecule has 5 nitrogen and oxygen atoms in total. The fraction of sp³-hybridized carbons (Fsp3) is 0.105. The van der Waals surface area contributed by atoms with Gasteiger partial charge in [0, 0.05) is 16.7 Å². The summed E-state index contributed by atoms with van der Waals surface area (Å²) >= 11 is 0. The van der Waals surface area contributed by atoms with Crippen LogP contribution < -0.4 is 5.32 Å². The number of hydrogen-bond donors (Lipinski definition) is 1. The molecule has 0 radical (unpaired) electrons. The normalized spacial score (nSPS) is 10.4. The van der Waals surface area contributed by atoms with E-state index in [4.69, 9.17) is 5.26 Å². The third-order valence-corrected chi connectivity index (χ3v) is 3.86. The van der Waals surface area contributed by atoms with Crippen LogP contribution in [-0.2, 0) is 6.54 Å². The fourth-order valence-electron chi connectivity index (χ4n) is 2.46. The third kappa shape index (κ3) is 3.59. The van der Waals surface area contributed by atoms with E-state index in [1.54, 1.807) is 19.1 Å². The number of aromatic nitrogens is 2. The first kappa shape index (κ1) is 17.3. The average molecular weight is 352 g/mol. The van der Waals surface area contributed by atoms with E-state index in [0.29, 0.717) is 22.5 Å². The molecule has 3 aromatic rings. The predicted molar refractivity (Wildman–Crippen MR) is 91.5 cm³/mol. The molecular weight excluding hydrogens is 338 g/mol. The Morgan fingerprint density at radius 2 is 1.96 bits per heavy atom. The third-order valence-electron chi connectivity index (χ3n) is 3.86. The zero-order valence-electron chi connectivity index (χ0n) is 13.8. The first-order valence-electron chi connectivity index (χ1n) is 7.76. The predicted octanol–water partition coefficient (Wildman–Crippen LogP) is 3.64. The molecule has 0 unspecified atom stereocenters. The van der Waals surface area contributed by atoms with E-state index >= 15 is 0 Å². The van der Waals surface area contributed by atoms with Crippen molar-refractivity contribution in [3.63, 3.8) is 0 Å². The van der Waals surface area contributed by atoms with Gasteiger partial charge in [-0.2, -0.15) is 10.4 Å². The largest absolute Gasteiger partial charge is 0.307 e. The Balaban J connectivity index is 1.84. The fourth-order valence-corrected chi connectivity index (χ4v) is 2.46. The monoisotopic (exact) mass is 352 g/mol. The molecule has 0 saturated carbocycles. The highest BCUT2D eigenvalue weighted by atomic mass is 19.1. The van der Waals surface area contributed by atoms with Gasteiger partial charge in [0.05, 0.1) is 24.4 Å². The number of nitrogens with one attached hydrogen (secondary N) is 1. The van der Waals surface area contributed by atoms with Gasteiger partial charge in [0.15, 0.2) is 0 Å². The van der Waals surface area contributed by atoms with Crippen molar-refractivity contribution < 1.29 is 13.6 Å². The lowest BCUT2D eigenvalue weighted by Crippen LogP contribution is -2.17. The molecule has 7 heteroatoms. The first-order chi connectivity index (χ1) is 12.5. The van der Waals surface area contributed by atoms with E-state index in [2.05, 4.69) is 10.4 Å². The van der Waals surface area contributed by atoms with Crippen LogP contribution in [0, 0.1) is 29.9 Å². The summed E-state index contributed by atoms with van der Waals surface area (Å²) in [7, 11) is 0. The van der Waals surface area contributed by atoms with Gasteiger partial charge in [-0.1, -0.05) is 0 Å². The minimum Gasteiger partial charge on any atom is -0.307 e. The summed E-state index contributed by atoms with van der Waals surface area (Å²) in [6.45, 7) is 1.72. The van der Waals surface area contributed by atoms with Gasteiger partial charge in [-0.25, -0.2) is 13.5 Å². The summed E-state index contributed by atoms with van der Waals surface area (Å²) in [6, 6.07) is 11.3. The van der Waals surface area contributed by atoms with Crippen molar-refractivity contribution in [2.24, 2.45) is 0 Å². The number of carbonyl (C=O) groups is 1. The first-order valence-corrected chi connectivity index (χ1v) is 7.76. The molecule has 26 heavy (non-hydrogen) atoms. The number of hydrogen-bond acceptors (Lipinski definition) is 3. The zero-order chi connectivity index (χ0) is 18.7. The second kappa shape index (κ2) is 7.15. The number of rotatable bonds is 4. The molecule has 0 aliphatic heterocycles. The molecule has 0 bridgehead atoms. The van der Waals surface area contributed by atoms with E-state index in [1.807, 2.05) is 6.07 Å². The Labute approximate surface area is 148 Å². The van der Waals surface area contributed by atoms with Crippen LogP contribution in [0.1, 0.15) is 27.0 Å². The molecule has 2 aromatic carbocycles. The summed E-state index contributed by atoms with van der Waals surface area (Å²) < 4.78 is 28.6. The van der Waals surface area contributed by atoms with Gasteiger partial charge in [-0.3, -0.25) is 4.79 Å². The van der Waals surface area contributed by atoms with Gasteiger partial charge in [0.1, 0.15) is 17.5 Å². The highest BCUT2D eigenvalue weighted by Crippen LogP contribution is 2.19. The smallest absolute Gasteiger partial charge is 0.256 e. The molecule has 1 heterocycles. The molecule has 0 atom stereocenters. The number of aryl methyl sites for hydroxylation is 1. The van der Waals surface area contributed by atoms with Crippen LogP contribution in [0.15, 0.2) is 48.7 Å². The molecule has 0 aliphatic rings. The Bertz CT molecular complexity index is 1000. The van der Waals surface area contributed by atoms with Gasteiger partial charge in [-0.15, -0.1) is 0 Å². The Morgan fingerprint density at radius 3 is 2.65 bits per heavy atom. The number of halogens is 2. The Kier molecular flexibility index (Phi) is 4.76. The molecule has 130 valence electrons. The zero-order valence-corrected chi connectivity index (χ0v) is 13.8. The minimum absolute atomic E-state index is 0.0274. The number of carbonyl (C=O) groups excluding carboxylic acids is 1. The summed E-state index contributed by atoms with van der Waals surface area (Å²) in [5, 5.41) is 15.7. The van der Waals surface area contributed by atoms with Crippen LogP contribution in [-0.4, -0.2) is 15.7 Å². The van der Waals surface area contributed by atoms with E-state index in [1.165, 1.54) is 23.0 Å². The number of nitrogens with zero attached hydrogens (tertiary/aromatic N) is 3. The lowest BCUT2D eigenvalue weighted by molar-refractivity contribution is 0.102. The van der Waals surface area contributed by atoms with E-state index in [0.717, 1.165) is 18.2 Å². The van der Waals surface area contributed by atoms with Crippen molar-refractivity contribution in [3.8, 4) is 6.07 Å². The molecule has 1 amide bonds. The molecule has 0 spiro atoms. The summed E-state index contributed by atoms with van der Waals surface area (Å²) in [4.78, 5) is 12.4. The lowest BCUT2D eigenvalue weighted by Gasteiger charge is -2.11. The minimum atomic E-state index is -0.552. The van der Waals surface area contributed by atoms with E-state index < -0.39 is 11.6 Å². The van der Waals surface area contributed by atoms with Crippen molar-refractivity contribution in [1.82, 2.24) is 9.78 Å². The Hall–Kier alpha value is -3.53.